The minimum Gasteiger partial charge on any atom is -0.506 e. The predicted octanol–water partition coefficient (Wildman–Crippen LogP) is 1.47. The highest BCUT2D eigenvalue weighted by Crippen LogP contribution is 2.39. The van der Waals surface area contributed by atoms with Gasteiger partial charge in [-0.25, -0.2) is 0 Å². The van der Waals surface area contributed by atoms with Gasteiger partial charge in [-0.1, -0.05) is 24.3 Å². The van der Waals surface area contributed by atoms with Crippen molar-refractivity contribution in [1.29, 1.82) is 0 Å². The number of rotatable bonds is 5. The van der Waals surface area contributed by atoms with Gasteiger partial charge in [0.25, 0.3) is 10.1 Å². The molecular formula is C16H13NO9S3. The lowest BCUT2D eigenvalue weighted by molar-refractivity contribution is 0.448. The van der Waals surface area contributed by atoms with E-state index in [9.17, 15) is 34.9 Å². The van der Waals surface area contributed by atoms with Gasteiger partial charge in [-0.15, -0.1) is 3.63 Å². The summed E-state index contributed by atoms with van der Waals surface area (Å²) in [6, 6.07) is 10.2. The molecule has 0 saturated carbocycles. The fourth-order valence-corrected chi connectivity index (χ4v) is 5.92. The molecule has 0 aliphatic heterocycles. The van der Waals surface area contributed by atoms with Gasteiger partial charge in [0, 0.05) is 16.5 Å². The number of aromatic hydroxyl groups is 1. The summed E-state index contributed by atoms with van der Waals surface area (Å²) in [6.45, 7) is 0. The van der Waals surface area contributed by atoms with Crippen LogP contribution in [0.1, 0.15) is 0 Å². The van der Waals surface area contributed by atoms with Crippen LogP contribution in [0.3, 0.4) is 0 Å². The van der Waals surface area contributed by atoms with Crippen molar-refractivity contribution in [3.63, 3.8) is 0 Å². The second-order valence-electron chi connectivity index (χ2n) is 5.75. The number of hydrogen-bond acceptors (Lipinski definition) is 9. The Morgan fingerprint density at radius 2 is 1.34 bits per heavy atom. The molecule has 0 heterocycles. The summed E-state index contributed by atoms with van der Waals surface area (Å²) in [5, 5.41) is 9.47. The van der Waals surface area contributed by atoms with Crippen molar-refractivity contribution in [2.45, 2.75) is 14.7 Å². The standard InChI is InChI=1S/C16H13NO9S3/c17-12-7-9-13(11-6-8-14(27(19,20)21)16(18)15(11)12)29(24,25)26-28(22,23)10-4-2-1-3-5-10/h1-9,18H,17H2,(H,19,20,21). The first-order valence-electron chi connectivity index (χ1n) is 7.62. The summed E-state index contributed by atoms with van der Waals surface area (Å²) in [5.41, 5.74) is 5.49. The van der Waals surface area contributed by atoms with E-state index in [0.29, 0.717) is 0 Å². The summed E-state index contributed by atoms with van der Waals surface area (Å²) < 4.78 is 86.2. The van der Waals surface area contributed by atoms with Crippen LogP contribution in [0.2, 0.25) is 0 Å². The predicted molar refractivity (Wildman–Crippen MR) is 102 cm³/mol. The molecule has 0 aliphatic carbocycles. The third-order valence-corrected chi connectivity index (χ3v) is 7.93. The molecule has 3 aromatic carbocycles. The molecule has 0 aromatic heterocycles. The van der Waals surface area contributed by atoms with Gasteiger partial charge in [0.1, 0.15) is 15.5 Å². The highest BCUT2D eigenvalue weighted by molar-refractivity contribution is 8.00. The van der Waals surface area contributed by atoms with Crippen molar-refractivity contribution >= 4 is 46.8 Å². The molecule has 0 unspecified atom stereocenters. The summed E-state index contributed by atoms with van der Waals surface area (Å²) >= 11 is 0. The molecule has 0 aliphatic rings. The Labute approximate surface area is 166 Å². The SMILES string of the molecule is Nc1ccc(S(=O)(=O)OS(=O)(=O)c2ccccc2)c2ccc(S(=O)(=O)O)c(O)c12. The highest BCUT2D eigenvalue weighted by atomic mass is 32.3. The Bertz CT molecular complexity index is 1430. The minimum absolute atomic E-state index is 0.215. The Morgan fingerprint density at radius 3 is 1.93 bits per heavy atom. The van der Waals surface area contributed by atoms with Crippen LogP contribution >= 0.6 is 0 Å². The van der Waals surface area contributed by atoms with Crippen LogP contribution in [0, 0.1) is 0 Å². The molecule has 154 valence electrons. The Hall–Kier alpha value is -2.71. The Kier molecular flexibility index (Phi) is 5.04. The highest BCUT2D eigenvalue weighted by Gasteiger charge is 2.30. The lowest BCUT2D eigenvalue weighted by atomic mass is 10.1. The van der Waals surface area contributed by atoms with Gasteiger partial charge in [0.15, 0.2) is 0 Å². The first-order valence-corrected chi connectivity index (χ1v) is 11.9. The molecule has 4 N–H and O–H groups in total. The van der Waals surface area contributed by atoms with Crippen LogP contribution in [0.5, 0.6) is 5.75 Å². The molecule has 0 bridgehead atoms. The molecule has 0 amide bonds. The number of fused-ring (bicyclic) bond motifs is 1. The van der Waals surface area contributed by atoms with Gasteiger partial charge < -0.3 is 10.8 Å². The number of benzene rings is 3. The van der Waals surface area contributed by atoms with E-state index in [2.05, 4.69) is 3.63 Å². The molecule has 0 saturated heterocycles. The first kappa shape index (κ1) is 21.0. The maximum Gasteiger partial charge on any atom is 0.312 e. The van der Waals surface area contributed by atoms with Crippen LogP contribution in [0.25, 0.3) is 10.8 Å². The van der Waals surface area contributed by atoms with Gasteiger partial charge >= 0.3 is 20.2 Å². The molecule has 10 nitrogen and oxygen atoms in total. The fourth-order valence-electron chi connectivity index (χ4n) is 2.62. The lowest BCUT2D eigenvalue weighted by Gasteiger charge is -2.12. The number of hydrogen-bond donors (Lipinski definition) is 3. The van der Waals surface area contributed by atoms with E-state index in [0.717, 1.165) is 36.4 Å². The zero-order valence-electron chi connectivity index (χ0n) is 14.3. The van der Waals surface area contributed by atoms with Crippen molar-refractivity contribution in [1.82, 2.24) is 0 Å². The number of anilines is 1. The number of nitrogens with two attached hydrogens (primary N) is 1. The average Bonchev–Trinajstić information content (AvgIpc) is 2.60. The molecule has 3 aromatic rings. The van der Waals surface area contributed by atoms with Crippen LogP contribution in [-0.2, 0) is 34.0 Å². The van der Waals surface area contributed by atoms with Gasteiger partial charge in [-0.3, -0.25) is 4.55 Å². The van der Waals surface area contributed by atoms with E-state index < -0.39 is 56.2 Å². The number of nitrogen functional groups attached to an aromatic ring is 1. The van der Waals surface area contributed by atoms with Crippen LogP contribution in [-0.4, -0.2) is 34.9 Å². The Morgan fingerprint density at radius 1 is 0.759 bits per heavy atom. The largest absolute Gasteiger partial charge is 0.506 e. The quantitative estimate of drug-likeness (QED) is 0.374. The maximum atomic E-state index is 12.6. The summed E-state index contributed by atoms with van der Waals surface area (Å²) in [6.07, 6.45) is 0. The molecule has 0 radical (unpaired) electrons. The second kappa shape index (κ2) is 6.96. The topological polar surface area (TPSA) is 178 Å². The van der Waals surface area contributed by atoms with Crippen molar-refractivity contribution in [3.05, 3.63) is 54.6 Å². The number of phenolic OH excluding ortho intramolecular Hbond substituents is 1. The maximum absolute atomic E-state index is 12.6. The molecular weight excluding hydrogens is 446 g/mol. The van der Waals surface area contributed by atoms with Crippen LogP contribution in [0.15, 0.2) is 69.3 Å². The molecule has 0 fully saturated rings. The summed E-state index contributed by atoms with van der Waals surface area (Å²) in [4.78, 5) is -1.98. The molecule has 29 heavy (non-hydrogen) atoms. The van der Waals surface area contributed by atoms with Gasteiger partial charge in [-0.2, -0.15) is 25.3 Å². The second-order valence-corrected chi connectivity index (χ2v) is 10.4. The average molecular weight is 459 g/mol. The fraction of sp³-hybridized carbons (Fsp3) is 0. The monoisotopic (exact) mass is 459 g/mol. The third-order valence-electron chi connectivity index (χ3n) is 3.87. The van der Waals surface area contributed by atoms with Gasteiger partial charge in [-0.05, 0) is 30.3 Å². The van der Waals surface area contributed by atoms with E-state index in [4.69, 9.17) is 5.73 Å². The van der Waals surface area contributed by atoms with Gasteiger partial charge in [0.2, 0.25) is 0 Å². The van der Waals surface area contributed by atoms with E-state index in [1.54, 1.807) is 0 Å². The smallest absolute Gasteiger partial charge is 0.312 e. The van der Waals surface area contributed by atoms with Gasteiger partial charge in [0.05, 0.1) is 4.90 Å². The van der Waals surface area contributed by atoms with Crippen LogP contribution in [0.4, 0.5) is 5.69 Å². The molecule has 13 heteroatoms. The third kappa shape index (κ3) is 3.90. The molecule has 3 rings (SSSR count). The zero-order chi connectivity index (χ0) is 21.6. The zero-order valence-corrected chi connectivity index (χ0v) is 16.7. The number of phenols is 1. The van der Waals surface area contributed by atoms with Crippen molar-refractivity contribution in [3.8, 4) is 5.75 Å². The van der Waals surface area contributed by atoms with Crippen molar-refractivity contribution < 1.29 is 38.5 Å². The van der Waals surface area contributed by atoms with Crippen LogP contribution < -0.4 is 5.73 Å². The molecule has 0 atom stereocenters. The Balaban J connectivity index is 2.22. The van der Waals surface area contributed by atoms with E-state index in [1.165, 1.54) is 18.2 Å². The van der Waals surface area contributed by atoms with E-state index >= 15 is 0 Å². The lowest BCUT2D eigenvalue weighted by Crippen LogP contribution is -2.15. The molecule has 0 spiro atoms. The first-order chi connectivity index (χ1) is 13.3. The minimum atomic E-state index is -4.94. The van der Waals surface area contributed by atoms with E-state index in [1.807, 2.05) is 0 Å². The summed E-state index contributed by atoms with van der Waals surface area (Å²) in [5.74, 6) is -0.995. The normalized spacial score (nSPS) is 12.9. The van der Waals surface area contributed by atoms with E-state index in [-0.39, 0.29) is 11.1 Å². The van der Waals surface area contributed by atoms with Crippen molar-refractivity contribution in [2.24, 2.45) is 0 Å². The van der Waals surface area contributed by atoms with Crippen molar-refractivity contribution in [2.75, 3.05) is 5.73 Å². The summed E-state index contributed by atoms with van der Waals surface area (Å²) in [7, 11) is -14.5.